The Hall–Kier alpha value is -2.61. The average molecular weight is 612 g/mol. The molecule has 1 heterocycles. The average Bonchev–Trinajstić information content (AvgIpc) is 2.87. The molecule has 0 N–H and O–H groups in total. The van der Waals surface area contributed by atoms with Gasteiger partial charge < -0.3 is 14.4 Å². The summed E-state index contributed by atoms with van der Waals surface area (Å²) >= 11 is 2.29. The number of ether oxygens (including phenoxy) is 2. The molecule has 2 aliphatic carbocycles. The van der Waals surface area contributed by atoms with E-state index in [0.717, 1.165) is 62.9 Å². The summed E-state index contributed by atoms with van der Waals surface area (Å²) in [6.45, 7) is 7.10. The topological polar surface area (TPSA) is 55.8 Å². The smallest absolute Gasteiger partial charge is 0.174 e. The Morgan fingerprint density at radius 2 is 1.54 bits per heavy atom. The van der Waals surface area contributed by atoms with Gasteiger partial charge in [0.25, 0.3) is 0 Å². The minimum Gasteiger partial charge on any atom is -0.490 e. The van der Waals surface area contributed by atoms with E-state index in [1.54, 1.807) is 0 Å². The summed E-state index contributed by atoms with van der Waals surface area (Å²) in [4.78, 5) is 28.8. The Labute approximate surface area is 233 Å². The van der Waals surface area contributed by atoms with Gasteiger partial charge in [-0.1, -0.05) is 18.2 Å². The molecule has 0 spiro atoms. The van der Waals surface area contributed by atoms with Gasteiger partial charge in [0.05, 0.1) is 10.2 Å². The zero-order valence-corrected chi connectivity index (χ0v) is 24.2. The second-order valence-electron chi connectivity index (χ2n) is 10.2. The quantitative estimate of drug-likeness (QED) is 0.332. The number of hydrogen-bond donors (Lipinski definition) is 0. The van der Waals surface area contributed by atoms with Gasteiger partial charge in [0, 0.05) is 48.3 Å². The number of aryl methyl sites for hydroxylation is 2. The van der Waals surface area contributed by atoms with Crippen molar-refractivity contribution in [2.24, 2.45) is 0 Å². The second-order valence-corrected chi connectivity index (χ2v) is 11.4. The molecule has 0 radical (unpaired) electrons. The summed E-state index contributed by atoms with van der Waals surface area (Å²) in [6, 6.07) is 10.4. The van der Waals surface area contributed by atoms with Crippen molar-refractivity contribution in [3.63, 3.8) is 0 Å². The number of ketones is 2. The fourth-order valence-electron chi connectivity index (χ4n) is 5.89. The molecule has 2 aromatic carbocycles. The number of hydrogen-bond acceptors (Lipinski definition) is 5. The third-order valence-corrected chi connectivity index (χ3v) is 8.67. The van der Waals surface area contributed by atoms with Gasteiger partial charge in [0.2, 0.25) is 0 Å². The highest BCUT2D eigenvalue weighted by atomic mass is 127. The standard InChI is InChI=1S/C31H34INO4/c1-5-36-27-16-21(15-22(32)31(27)37-17-20-13-12-18(2)19(3)14-20)28-29-23(8-6-10-25(29)34)33(4)24-9-7-11-26(35)30(24)28/h12-16,28H,5-11,17H2,1-4H3. The number of nitrogens with zero attached hydrogens (tertiary/aromatic N) is 1. The van der Waals surface area contributed by atoms with Crippen molar-refractivity contribution in [3.8, 4) is 11.5 Å². The number of benzene rings is 2. The van der Waals surface area contributed by atoms with E-state index in [1.165, 1.54) is 11.1 Å². The van der Waals surface area contributed by atoms with Crippen molar-refractivity contribution in [1.29, 1.82) is 0 Å². The van der Waals surface area contributed by atoms with Crippen LogP contribution in [0.15, 0.2) is 52.9 Å². The first-order chi connectivity index (χ1) is 17.8. The van der Waals surface area contributed by atoms with E-state index in [1.807, 2.05) is 20.0 Å². The molecular weight excluding hydrogens is 577 g/mol. The molecule has 0 bridgehead atoms. The van der Waals surface area contributed by atoms with Crippen molar-refractivity contribution < 1.29 is 19.1 Å². The zero-order valence-electron chi connectivity index (χ0n) is 22.1. The summed E-state index contributed by atoms with van der Waals surface area (Å²) in [5.74, 6) is 1.33. The Morgan fingerprint density at radius 1 is 0.892 bits per heavy atom. The van der Waals surface area contributed by atoms with Crippen molar-refractivity contribution in [2.45, 2.75) is 71.8 Å². The normalized spacial score (nSPS) is 18.2. The lowest BCUT2D eigenvalue weighted by molar-refractivity contribution is -0.117. The molecule has 0 saturated heterocycles. The minimum absolute atomic E-state index is 0.158. The largest absolute Gasteiger partial charge is 0.490 e. The molecule has 194 valence electrons. The third-order valence-electron chi connectivity index (χ3n) is 7.86. The first kappa shape index (κ1) is 26.0. The molecule has 37 heavy (non-hydrogen) atoms. The predicted molar refractivity (Wildman–Crippen MR) is 153 cm³/mol. The van der Waals surface area contributed by atoms with Gasteiger partial charge in [-0.15, -0.1) is 0 Å². The lowest BCUT2D eigenvalue weighted by atomic mass is 9.71. The van der Waals surface area contributed by atoms with Crippen LogP contribution in [0.2, 0.25) is 0 Å². The molecule has 1 aliphatic heterocycles. The molecule has 5 nitrogen and oxygen atoms in total. The molecular formula is C31H34INO4. The van der Waals surface area contributed by atoms with Crippen molar-refractivity contribution in [1.82, 2.24) is 4.90 Å². The molecule has 0 fully saturated rings. The third kappa shape index (κ3) is 4.85. The molecule has 3 aliphatic rings. The molecule has 0 atom stereocenters. The van der Waals surface area contributed by atoms with Gasteiger partial charge in [0.15, 0.2) is 23.1 Å². The Kier molecular flexibility index (Phi) is 7.48. The van der Waals surface area contributed by atoms with E-state index in [2.05, 4.69) is 65.6 Å². The van der Waals surface area contributed by atoms with E-state index in [9.17, 15) is 9.59 Å². The monoisotopic (exact) mass is 611 g/mol. The number of carbonyl (C=O) groups is 2. The maximum atomic E-state index is 13.3. The number of Topliss-reactive ketones (excluding diaryl/α,β-unsaturated/α-hetero) is 2. The van der Waals surface area contributed by atoms with Gasteiger partial charge >= 0.3 is 0 Å². The molecule has 0 aromatic heterocycles. The summed E-state index contributed by atoms with van der Waals surface area (Å²) < 4.78 is 13.3. The van der Waals surface area contributed by atoms with E-state index >= 15 is 0 Å². The van der Waals surface area contributed by atoms with Crippen LogP contribution in [-0.2, 0) is 16.2 Å². The first-order valence-electron chi connectivity index (χ1n) is 13.2. The van der Waals surface area contributed by atoms with E-state index in [4.69, 9.17) is 9.47 Å². The van der Waals surface area contributed by atoms with Crippen LogP contribution in [0, 0.1) is 17.4 Å². The number of carbonyl (C=O) groups excluding carboxylic acids is 2. The highest BCUT2D eigenvalue weighted by molar-refractivity contribution is 14.1. The molecule has 0 amide bonds. The Morgan fingerprint density at radius 3 is 2.14 bits per heavy atom. The first-order valence-corrected chi connectivity index (χ1v) is 14.3. The Bertz CT molecular complexity index is 1290. The molecule has 6 heteroatoms. The van der Waals surface area contributed by atoms with Crippen LogP contribution in [0.1, 0.15) is 73.6 Å². The van der Waals surface area contributed by atoms with Crippen molar-refractivity contribution in [2.75, 3.05) is 13.7 Å². The number of allylic oxidation sites excluding steroid dienone is 4. The summed E-state index contributed by atoms with van der Waals surface area (Å²) in [7, 11) is 2.02. The SMILES string of the molecule is CCOc1cc(C2C3=C(CCCC3=O)N(C)C3=C2C(=O)CCC3)cc(I)c1OCc1ccc(C)c(C)c1. The van der Waals surface area contributed by atoms with Crippen LogP contribution < -0.4 is 9.47 Å². The number of rotatable bonds is 6. The van der Waals surface area contributed by atoms with Crippen molar-refractivity contribution in [3.05, 3.63) is 78.7 Å². The van der Waals surface area contributed by atoms with Gasteiger partial charge in [-0.05, 0) is 103 Å². The zero-order chi connectivity index (χ0) is 26.3. The van der Waals surface area contributed by atoms with Crippen molar-refractivity contribution >= 4 is 34.2 Å². The fraction of sp³-hybridized carbons (Fsp3) is 0.419. The van der Waals surface area contributed by atoms with Gasteiger partial charge in [-0.2, -0.15) is 0 Å². The second kappa shape index (κ2) is 10.6. The molecule has 5 rings (SSSR count). The summed E-state index contributed by atoms with van der Waals surface area (Å²) in [5.41, 5.74) is 8.29. The fourth-order valence-corrected chi connectivity index (χ4v) is 6.67. The van der Waals surface area contributed by atoms with E-state index in [0.29, 0.717) is 37.6 Å². The summed E-state index contributed by atoms with van der Waals surface area (Å²) in [6.07, 6.45) is 4.52. The Balaban J connectivity index is 1.58. The van der Waals surface area contributed by atoms with Crippen LogP contribution in [0.4, 0.5) is 0 Å². The van der Waals surface area contributed by atoms with E-state index in [-0.39, 0.29) is 17.5 Å². The highest BCUT2D eigenvalue weighted by Crippen LogP contribution is 2.50. The minimum atomic E-state index is -0.344. The van der Waals surface area contributed by atoms with Gasteiger partial charge in [-0.25, -0.2) is 0 Å². The van der Waals surface area contributed by atoms with Crippen LogP contribution in [0.25, 0.3) is 0 Å². The van der Waals surface area contributed by atoms with Gasteiger partial charge in [0.1, 0.15) is 6.61 Å². The maximum absolute atomic E-state index is 13.3. The van der Waals surface area contributed by atoms with Crippen LogP contribution in [0.5, 0.6) is 11.5 Å². The lowest BCUT2D eigenvalue weighted by Crippen LogP contribution is -2.37. The van der Waals surface area contributed by atoms with Gasteiger partial charge in [-0.3, -0.25) is 9.59 Å². The van der Waals surface area contributed by atoms with Crippen LogP contribution >= 0.6 is 22.6 Å². The van der Waals surface area contributed by atoms with E-state index < -0.39 is 0 Å². The molecule has 0 unspecified atom stereocenters. The molecule has 2 aromatic rings. The van der Waals surface area contributed by atoms with Crippen LogP contribution in [0.3, 0.4) is 0 Å². The molecule has 0 saturated carbocycles. The highest BCUT2D eigenvalue weighted by Gasteiger charge is 2.42. The maximum Gasteiger partial charge on any atom is 0.174 e. The number of halogens is 1. The predicted octanol–water partition coefficient (Wildman–Crippen LogP) is 6.93. The van der Waals surface area contributed by atoms with Crippen LogP contribution in [-0.4, -0.2) is 30.1 Å². The summed E-state index contributed by atoms with van der Waals surface area (Å²) in [5, 5.41) is 0. The lowest BCUT2D eigenvalue weighted by Gasteiger charge is -2.42.